The van der Waals surface area contributed by atoms with E-state index in [0.29, 0.717) is 0 Å². The van der Waals surface area contributed by atoms with Gasteiger partial charge in [0.25, 0.3) is 0 Å². The van der Waals surface area contributed by atoms with Crippen LogP contribution in [0.2, 0.25) is 0 Å². The monoisotopic (exact) mass is 256 g/mol. The standard InChI is InChI=1S/C17H17FO/c1-12-11-14(18)7-8-15(12)16(19)17(9-10-17)13-5-3-2-4-6-13/h2-8,11,16,19H,9-10H2,1H3. The first-order chi connectivity index (χ1) is 9.13. The Kier molecular flexibility index (Phi) is 2.90. The SMILES string of the molecule is Cc1cc(F)ccc1C(O)C1(c2ccccc2)CC1. The Labute approximate surface area is 112 Å². The molecule has 0 radical (unpaired) electrons. The fraction of sp³-hybridized carbons (Fsp3) is 0.294. The van der Waals surface area contributed by atoms with E-state index in [4.69, 9.17) is 0 Å². The van der Waals surface area contributed by atoms with Crippen LogP contribution in [-0.2, 0) is 5.41 Å². The molecule has 0 aromatic heterocycles. The fourth-order valence-electron chi connectivity index (χ4n) is 2.87. The summed E-state index contributed by atoms with van der Waals surface area (Å²) in [6.07, 6.45) is 1.40. The molecule has 19 heavy (non-hydrogen) atoms. The van der Waals surface area contributed by atoms with Crippen molar-refractivity contribution in [3.8, 4) is 0 Å². The molecule has 1 aliphatic rings. The quantitative estimate of drug-likeness (QED) is 0.883. The second-order valence-electron chi connectivity index (χ2n) is 5.43. The number of aliphatic hydroxyl groups excluding tert-OH is 1. The van der Waals surface area contributed by atoms with Gasteiger partial charge in [0.2, 0.25) is 0 Å². The summed E-state index contributed by atoms with van der Waals surface area (Å²) in [7, 11) is 0. The zero-order valence-electron chi connectivity index (χ0n) is 10.9. The molecule has 1 fully saturated rings. The maximum absolute atomic E-state index is 13.2. The molecule has 3 rings (SSSR count). The van der Waals surface area contributed by atoms with Gasteiger partial charge in [0.15, 0.2) is 0 Å². The topological polar surface area (TPSA) is 20.2 Å². The normalized spacial score (nSPS) is 18.1. The predicted octanol–water partition coefficient (Wildman–Crippen LogP) is 3.90. The van der Waals surface area contributed by atoms with E-state index in [9.17, 15) is 9.50 Å². The van der Waals surface area contributed by atoms with Gasteiger partial charge in [0.05, 0.1) is 6.10 Å². The van der Waals surface area contributed by atoms with Crippen LogP contribution in [0.4, 0.5) is 4.39 Å². The van der Waals surface area contributed by atoms with Crippen LogP contribution in [0.15, 0.2) is 48.5 Å². The van der Waals surface area contributed by atoms with Gasteiger partial charge in [-0.3, -0.25) is 0 Å². The molecule has 0 heterocycles. The van der Waals surface area contributed by atoms with Crippen molar-refractivity contribution in [2.75, 3.05) is 0 Å². The van der Waals surface area contributed by atoms with Crippen molar-refractivity contribution in [1.82, 2.24) is 0 Å². The highest BCUT2D eigenvalue weighted by Gasteiger charge is 2.50. The first-order valence-electron chi connectivity index (χ1n) is 6.63. The summed E-state index contributed by atoms with van der Waals surface area (Å²) >= 11 is 0. The number of aryl methyl sites for hydroxylation is 1. The van der Waals surface area contributed by atoms with Crippen LogP contribution < -0.4 is 0 Å². The third kappa shape index (κ3) is 2.06. The average Bonchev–Trinajstić information content (AvgIpc) is 3.20. The molecular weight excluding hydrogens is 239 g/mol. The molecular formula is C17H17FO. The molecule has 0 spiro atoms. The van der Waals surface area contributed by atoms with E-state index in [2.05, 4.69) is 12.1 Å². The van der Waals surface area contributed by atoms with Crippen molar-refractivity contribution >= 4 is 0 Å². The zero-order valence-corrected chi connectivity index (χ0v) is 10.9. The maximum atomic E-state index is 13.2. The molecule has 0 saturated heterocycles. The Morgan fingerprint density at radius 3 is 2.37 bits per heavy atom. The summed E-state index contributed by atoms with van der Waals surface area (Å²) in [5.74, 6) is -0.252. The van der Waals surface area contributed by atoms with Gasteiger partial charge in [-0.05, 0) is 48.6 Å². The summed E-state index contributed by atoms with van der Waals surface area (Å²) in [6, 6.07) is 14.7. The Morgan fingerprint density at radius 2 is 1.79 bits per heavy atom. The van der Waals surface area contributed by atoms with Crippen molar-refractivity contribution in [3.63, 3.8) is 0 Å². The maximum Gasteiger partial charge on any atom is 0.123 e. The van der Waals surface area contributed by atoms with Crippen LogP contribution in [0, 0.1) is 12.7 Å². The number of rotatable bonds is 3. The first-order valence-corrected chi connectivity index (χ1v) is 6.63. The summed E-state index contributed by atoms with van der Waals surface area (Å²) < 4.78 is 13.2. The average molecular weight is 256 g/mol. The van der Waals surface area contributed by atoms with E-state index in [1.165, 1.54) is 17.7 Å². The van der Waals surface area contributed by atoms with E-state index in [1.807, 2.05) is 25.1 Å². The number of halogens is 1. The molecule has 1 atom stereocenters. The van der Waals surface area contributed by atoms with Crippen LogP contribution in [0.5, 0.6) is 0 Å². The highest BCUT2D eigenvalue weighted by atomic mass is 19.1. The van der Waals surface area contributed by atoms with Crippen LogP contribution in [0.25, 0.3) is 0 Å². The summed E-state index contributed by atoms with van der Waals surface area (Å²) in [5.41, 5.74) is 2.65. The van der Waals surface area contributed by atoms with Gasteiger partial charge in [0, 0.05) is 5.41 Å². The Bertz CT molecular complexity index is 587. The van der Waals surface area contributed by atoms with Gasteiger partial charge in [0.1, 0.15) is 5.82 Å². The van der Waals surface area contributed by atoms with E-state index in [1.54, 1.807) is 6.07 Å². The molecule has 98 valence electrons. The lowest BCUT2D eigenvalue weighted by molar-refractivity contribution is 0.132. The third-order valence-electron chi connectivity index (χ3n) is 4.19. The second-order valence-corrected chi connectivity index (χ2v) is 5.43. The Hall–Kier alpha value is -1.67. The predicted molar refractivity (Wildman–Crippen MR) is 73.5 cm³/mol. The summed E-state index contributed by atoms with van der Waals surface area (Å²) in [4.78, 5) is 0. The lowest BCUT2D eigenvalue weighted by Gasteiger charge is -2.24. The minimum absolute atomic E-state index is 0.177. The minimum Gasteiger partial charge on any atom is -0.387 e. The fourth-order valence-corrected chi connectivity index (χ4v) is 2.87. The molecule has 1 N–H and O–H groups in total. The van der Waals surface area contributed by atoms with E-state index >= 15 is 0 Å². The van der Waals surface area contributed by atoms with Gasteiger partial charge in [-0.15, -0.1) is 0 Å². The molecule has 1 nitrogen and oxygen atoms in total. The largest absolute Gasteiger partial charge is 0.387 e. The van der Waals surface area contributed by atoms with E-state index in [-0.39, 0.29) is 11.2 Å². The van der Waals surface area contributed by atoms with Crippen molar-refractivity contribution in [3.05, 3.63) is 71.0 Å². The summed E-state index contributed by atoms with van der Waals surface area (Å²) in [6.45, 7) is 1.85. The molecule has 2 aromatic rings. The van der Waals surface area contributed by atoms with Gasteiger partial charge in [-0.1, -0.05) is 36.4 Å². The molecule has 0 bridgehead atoms. The number of hydrogen-bond acceptors (Lipinski definition) is 1. The Balaban J connectivity index is 1.98. The highest BCUT2D eigenvalue weighted by Crippen LogP contribution is 2.56. The lowest BCUT2D eigenvalue weighted by atomic mass is 9.84. The highest BCUT2D eigenvalue weighted by molar-refractivity contribution is 5.39. The van der Waals surface area contributed by atoms with Crippen LogP contribution >= 0.6 is 0 Å². The van der Waals surface area contributed by atoms with Crippen molar-refractivity contribution < 1.29 is 9.50 Å². The summed E-state index contributed by atoms with van der Waals surface area (Å²) in [5, 5.41) is 10.7. The number of aliphatic hydroxyl groups is 1. The first kappa shape index (κ1) is 12.4. The third-order valence-corrected chi connectivity index (χ3v) is 4.19. The van der Waals surface area contributed by atoms with E-state index < -0.39 is 6.10 Å². The second kappa shape index (κ2) is 4.46. The minimum atomic E-state index is -0.560. The molecule has 1 saturated carbocycles. The lowest BCUT2D eigenvalue weighted by Crippen LogP contribution is -2.19. The molecule has 0 aliphatic heterocycles. The zero-order chi connectivity index (χ0) is 13.5. The molecule has 2 aromatic carbocycles. The molecule has 0 amide bonds. The smallest absolute Gasteiger partial charge is 0.123 e. The molecule has 1 aliphatic carbocycles. The van der Waals surface area contributed by atoms with Gasteiger partial charge in [-0.25, -0.2) is 4.39 Å². The van der Waals surface area contributed by atoms with Crippen LogP contribution in [0.1, 0.15) is 35.6 Å². The van der Waals surface area contributed by atoms with Crippen molar-refractivity contribution in [2.45, 2.75) is 31.3 Å². The molecule has 1 unspecified atom stereocenters. The van der Waals surface area contributed by atoms with E-state index in [0.717, 1.165) is 24.0 Å². The van der Waals surface area contributed by atoms with Crippen molar-refractivity contribution in [1.29, 1.82) is 0 Å². The van der Waals surface area contributed by atoms with Gasteiger partial charge >= 0.3 is 0 Å². The van der Waals surface area contributed by atoms with Crippen molar-refractivity contribution in [2.24, 2.45) is 0 Å². The number of benzene rings is 2. The van der Waals surface area contributed by atoms with Crippen LogP contribution in [-0.4, -0.2) is 5.11 Å². The number of hydrogen-bond donors (Lipinski definition) is 1. The molecule has 2 heteroatoms. The Morgan fingerprint density at radius 1 is 1.11 bits per heavy atom. The van der Waals surface area contributed by atoms with Gasteiger partial charge in [-0.2, -0.15) is 0 Å². The van der Waals surface area contributed by atoms with Gasteiger partial charge < -0.3 is 5.11 Å². The van der Waals surface area contributed by atoms with Crippen LogP contribution in [0.3, 0.4) is 0 Å².